The van der Waals surface area contributed by atoms with E-state index < -0.39 is 23.9 Å². The Morgan fingerprint density at radius 1 is 1.13 bits per heavy atom. The normalized spacial score (nSPS) is 17.5. The number of nitrogens with one attached hydrogen (secondary N) is 2. The van der Waals surface area contributed by atoms with Gasteiger partial charge in [0, 0.05) is 19.2 Å². The van der Waals surface area contributed by atoms with E-state index in [1.807, 2.05) is 42.5 Å². The number of benzene rings is 2. The molecule has 198 valence electrons. The highest BCUT2D eigenvalue weighted by Crippen LogP contribution is 2.37. The predicted octanol–water partition coefficient (Wildman–Crippen LogP) is 3.50. The first-order valence-corrected chi connectivity index (χ1v) is 12.7. The van der Waals surface area contributed by atoms with Gasteiger partial charge in [0.05, 0.1) is 36.1 Å². The van der Waals surface area contributed by atoms with Gasteiger partial charge in [-0.15, -0.1) is 6.58 Å². The van der Waals surface area contributed by atoms with Crippen LogP contribution in [0.3, 0.4) is 0 Å². The Bertz CT molecular complexity index is 1430. The van der Waals surface area contributed by atoms with Crippen molar-refractivity contribution in [2.75, 3.05) is 13.1 Å². The van der Waals surface area contributed by atoms with Crippen molar-refractivity contribution in [2.45, 2.75) is 25.0 Å². The van der Waals surface area contributed by atoms with Crippen molar-refractivity contribution < 1.29 is 18.8 Å². The molecule has 2 aliphatic rings. The summed E-state index contributed by atoms with van der Waals surface area (Å²) in [5.41, 5.74) is 2.81. The summed E-state index contributed by atoms with van der Waals surface area (Å²) >= 11 is 0. The van der Waals surface area contributed by atoms with Crippen LogP contribution in [0.2, 0.25) is 0 Å². The monoisotopic (exact) mass is 525 g/mol. The van der Waals surface area contributed by atoms with E-state index in [4.69, 9.17) is 0 Å². The van der Waals surface area contributed by atoms with Crippen LogP contribution in [0.1, 0.15) is 22.9 Å². The molecule has 3 heterocycles. The topological polar surface area (TPSA) is 94.6 Å². The van der Waals surface area contributed by atoms with Gasteiger partial charge in [0.25, 0.3) is 5.91 Å². The summed E-state index contributed by atoms with van der Waals surface area (Å²) in [7, 11) is 0. The third kappa shape index (κ3) is 5.43. The number of hydrogen-bond donors (Lipinski definition) is 2. The highest BCUT2D eigenvalue weighted by Gasteiger charge is 2.47. The second kappa shape index (κ2) is 11.3. The lowest BCUT2D eigenvalue weighted by atomic mass is 9.95. The molecule has 2 aromatic carbocycles. The van der Waals surface area contributed by atoms with E-state index in [1.165, 1.54) is 28.0 Å². The van der Waals surface area contributed by atoms with Crippen LogP contribution in [0.4, 0.5) is 9.18 Å². The Morgan fingerprint density at radius 3 is 2.64 bits per heavy atom. The SMILES string of the molecule is C=CCN1C(=O)N[C@@H](c2cccc(F)c2)C2=C1CN([C@H](Cc1ccccc1)C(=O)NCc1ccccn1)C2=O. The van der Waals surface area contributed by atoms with Gasteiger partial charge in [-0.05, 0) is 35.4 Å². The molecule has 0 aliphatic carbocycles. The predicted molar refractivity (Wildman–Crippen MR) is 143 cm³/mol. The molecule has 8 nitrogen and oxygen atoms in total. The molecule has 0 spiro atoms. The third-order valence-corrected chi connectivity index (χ3v) is 6.86. The van der Waals surface area contributed by atoms with Crippen molar-refractivity contribution in [3.63, 3.8) is 0 Å². The van der Waals surface area contributed by atoms with Crippen LogP contribution in [0.15, 0.2) is 103 Å². The second-order valence-corrected chi connectivity index (χ2v) is 9.37. The van der Waals surface area contributed by atoms with Crippen molar-refractivity contribution in [3.05, 3.63) is 126 Å². The number of halogens is 1. The van der Waals surface area contributed by atoms with Gasteiger partial charge < -0.3 is 15.5 Å². The van der Waals surface area contributed by atoms with E-state index >= 15 is 0 Å². The molecule has 0 saturated heterocycles. The molecule has 9 heteroatoms. The number of amides is 4. The molecule has 2 atom stereocenters. The van der Waals surface area contributed by atoms with E-state index in [0.29, 0.717) is 22.5 Å². The van der Waals surface area contributed by atoms with E-state index in [-0.39, 0.29) is 37.9 Å². The van der Waals surface area contributed by atoms with Gasteiger partial charge >= 0.3 is 6.03 Å². The van der Waals surface area contributed by atoms with Gasteiger partial charge in [0.2, 0.25) is 5.91 Å². The van der Waals surface area contributed by atoms with E-state index in [2.05, 4.69) is 22.2 Å². The number of hydrogen-bond acceptors (Lipinski definition) is 4. The molecular weight excluding hydrogens is 497 g/mol. The first-order chi connectivity index (χ1) is 19.0. The first-order valence-electron chi connectivity index (χ1n) is 12.7. The minimum atomic E-state index is -0.858. The maximum Gasteiger partial charge on any atom is 0.322 e. The van der Waals surface area contributed by atoms with Crippen molar-refractivity contribution in [1.29, 1.82) is 0 Å². The van der Waals surface area contributed by atoms with Gasteiger partial charge in [-0.2, -0.15) is 0 Å². The zero-order valence-corrected chi connectivity index (χ0v) is 21.2. The van der Waals surface area contributed by atoms with E-state index in [1.54, 1.807) is 24.4 Å². The standard InChI is InChI=1S/C30H28FN5O3/c1-2-15-35-25-19-36(29(38)26(25)27(34-30(35)39)21-11-8-12-22(31)17-21)24(16-20-9-4-3-5-10-20)28(37)33-18-23-13-6-7-14-32-23/h2-14,17,24,27H,1,15-16,18-19H2,(H,33,37)(H,34,39)/t24-,27+/m1/s1. The van der Waals surface area contributed by atoms with Crippen LogP contribution >= 0.6 is 0 Å². The molecule has 0 unspecified atom stereocenters. The quantitative estimate of drug-likeness (QED) is 0.418. The lowest BCUT2D eigenvalue weighted by Crippen LogP contribution is -2.49. The zero-order chi connectivity index (χ0) is 27.4. The molecule has 39 heavy (non-hydrogen) atoms. The summed E-state index contributed by atoms with van der Waals surface area (Å²) in [5, 5.41) is 5.76. The Balaban J connectivity index is 1.49. The van der Waals surface area contributed by atoms with Crippen molar-refractivity contribution in [3.8, 4) is 0 Å². The van der Waals surface area contributed by atoms with Gasteiger partial charge in [-0.3, -0.25) is 19.5 Å². The maximum absolute atomic E-state index is 14.1. The molecule has 3 aromatic rings. The van der Waals surface area contributed by atoms with Gasteiger partial charge in [-0.1, -0.05) is 54.6 Å². The molecule has 1 aromatic heterocycles. The highest BCUT2D eigenvalue weighted by molar-refractivity contribution is 6.03. The average molecular weight is 526 g/mol. The third-order valence-electron chi connectivity index (χ3n) is 6.86. The molecule has 0 fully saturated rings. The molecule has 0 saturated carbocycles. The summed E-state index contributed by atoms with van der Waals surface area (Å²) in [4.78, 5) is 48.0. The summed E-state index contributed by atoms with van der Waals surface area (Å²) in [6.07, 6.45) is 3.49. The van der Waals surface area contributed by atoms with Gasteiger partial charge in [0.1, 0.15) is 11.9 Å². The summed E-state index contributed by atoms with van der Waals surface area (Å²) in [6.45, 7) is 4.17. The van der Waals surface area contributed by atoms with Gasteiger partial charge in [-0.25, -0.2) is 9.18 Å². The van der Waals surface area contributed by atoms with E-state index in [0.717, 1.165) is 5.56 Å². The Kier molecular flexibility index (Phi) is 7.49. The number of aromatic nitrogens is 1. The fourth-order valence-electron chi connectivity index (χ4n) is 5.00. The number of carbonyl (C=O) groups is 3. The first kappa shape index (κ1) is 25.8. The van der Waals surface area contributed by atoms with Crippen LogP contribution in [-0.4, -0.2) is 51.8 Å². The fraction of sp³-hybridized carbons (Fsp3) is 0.200. The number of pyridine rings is 1. The second-order valence-electron chi connectivity index (χ2n) is 9.37. The number of nitrogens with zero attached hydrogens (tertiary/aromatic N) is 3. The summed E-state index contributed by atoms with van der Waals surface area (Å²) in [6, 6.07) is 18.6. The van der Waals surface area contributed by atoms with E-state index in [9.17, 15) is 18.8 Å². The smallest absolute Gasteiger partial charge is 0.322 e. The molecule has 4 amide bonds. The Hall–Kier alpha value is -4.79. The minimum absolute atomic E-state index is 0.0513. The lowest BCUT2D eigenvalue weighted by Gasteiger charge is -2.33. The van der Waals surface area contributed by atoms with Gasteiger partial charge in [0.15, 0.2) is 0 Å². The van der Waals surface area contributed by atoms with Crippen LogP contribution in [-0.2, 0) is 22.6 Å². The summed E-state index contributed by atoms with van der Waals surface area (Å²) < 4.78 is 14.1. The Morgan fingerprint density at radius 2 is 1.92 bits per heavy atom. The maximum atomic E-state index is 14.1. The molecular formula is C30H28FN5O3. The number of urea groups is 1. The Labute approximate surface area is 225 Å². The van der Waals surface area contributed by atoms with Crippen LogP contribution in [0.5, 0.6) is 0 Å². The number of rotatable bonds is 9. The lowest BCUT2D eigenvalue weighted by molar-refractivity contribution is -0.136. The van der Waals surface area contributed by atoms with Crippen LogP contribution < -0.4 is 10.6 Å². The molecule has 2 N–H and O–H groups in total. The number of carbonyl (C=O) groups excluding carboxylic acids is 3. The zero-order valence-electron chi connectivity index (χ0n) is 21.2. The molecule has 2 aliphatic heterocycles. The molecule has 0 radical (unpaired) electrons. The summed E-state index contributed by atoms with van der Waals surface area (Å²) in [5.74, 6) is -1.20. The van der Waals surface area contributed by atoms with Crippen molar-refractivity contribution >= 4 is 17.8 Å². The minimum Gasteiger partial charge on any atom is -0.349 e. The highest BCUT2D eigenvalue weighted by atomic mass is 19.1. The fourth-order valence-corrected chi connectivity index (χ4v) is 5.00. The largest absolute Gasteiger partial charge is 0.349 e. The van der Waals surface area contributed by atoms with Crippen molar-refractivity contribution in [2.24, 2.45) is 0 Å². The average Bonchev–Trinajstić information content (AvgIpc) is 3.29. The van der Waals surface area contributed by atoms with Crippen LogP contribution in [0, 0.1) is 5.82 Å². The molecule has 0 bridgehead atoms. The molecule has 5 rings (SSSR count). The van der Waals surface area contributed by atoms with Crippen molar-refractivity contribution in [1.82, 2.24) is 25.4 Å². The van der Waals surface area contributed by atoms with Crippen LogP contribution in [0.25, 0.3) is 0 Å².